The van der Waals surface area contributed by atoms with Gasteiger partial charge in [-0.2, -0.15) is 0 Å². The molecule has 4 heteroatoms. The Morgan fingerprint density at radius 3 is 2.76 bits per heavy atom. The van der Waals surface area contributed by atoms with Crippen LogP contribution in [0, 0.1) is 11.7 Å². The zero-order valence-electron chi connectivity index (χ0n) is 12.6. The first kappa shape index (κ1) is 14.5. The van der Waals surface area contributed by atoms with E-state index in [1.54, 1.807) is 19.2 Å². The van der Waals surface area contributed by atoms with Crippen molar-refractivity contribution in [2.24, 2.45) is 11.1 Å². The van der Waals surface area contributed by atoms with Gasteiger partial charge in [-0.05, 0) is 49.3 Å². The molecule has 0 N–H and O–H groups in total. The van der Waals surface area contributed by atoms with Crippen LogP contribution in [0.25, 0.3) is 0 Å². The average molecular weight is 291 g/mol. The van der Waals surface area contributed by atoms with Crippen molar-refractivity contribution in [3.63, 3.8) is 0 Å². The fourth-order valence-electron chi connectivity index (χ4n) is 3.84. The number of ether oxygens (including phenoxy) is 1. The quantitative estimate of drug-likeness (QED) is 0.622. The second-order valence-corrected chi connectivity index (χ2v) is 5.91. The normalized spacial score (nSPS) is 32.2. The summed E-state index contributed by atoms with van der Waals surface area (Å²) in [4.78, 5) is 5.03. The van der Waals surface area contributed by atoms with E-state index in [-0.39, 0.29) is 17.8 Å². The van der Waals surface area contributed by atoms with Gasteiger partial charge in [0.05, 0.1) is 17.9 Å². The highest BCUT2D eigenvalue weighted by atomic mass is 19.1. The summed E-state index contributed by atoms with van der Waals surface area (Å²) in [7, 11) is 1.59. The van der Waals surface area contributed by atoms with Crippen LogP contribution in [0.1, 0.15) is 44.1 Å². The summed E-state index contributed by atoms with van der Waals surface area (Å²) >= 11 is 0. The molecule has 2 saturated heterocycles. The third-order valence-corrected chi connectivity index (χ3v) is 4.74. The van der Waals surface area contributed by atoms with E-state index in [4.69, 9.17) is 9.57 Å². The lowest BCUT2D eigenvalue weighted by Crippen LogP contribution is -2.39. The maximum Gasteiger partial charge on any atom is 0.123 e. The molecule has 0 aliphatic carbocycles. The van der Waals surface area contributed by atoms with Gasteiger partial charge in [0.15, 0.2) is 0 Å². The van der Waals surface area contributed by atoms with Gasteiger partial charge in [0.25, 0.3) is 0 Å². The number of benzene rings is 1. The van der Waals surface area contributed by atoms with E-state index in [9.17, 15) is 4.39 Å². The molecule has 3 rings (SSSR count). The maximum absolute atomic E-state index is 13.2. The van der Waals surface area contributed by atoms with Crippen molar-refractivity contribution < 1.29 is 14.0 Å². The molecule has 0 aromatic heterocycles. The minimum absolute atomic E-state index is 0.188. The Balaban J connectivity index is 1.95. The first-order valence-corrected chi connectivity index (χ1v) is 7.73. The van der Waals surface area contributed by atoms with Gasteiger partial charge in [-0.25, -0.2) is 4.39 Å². The SMILES string of the molecule is CCC(=NOC)[C@@H]1[C@@H]2CCC(C[C@@H]1c1ccc(F)cc1)O2. The summed E-state index contributed by atoms with van der Waals surface area (Å²) in [5.74, 6) is 0.386. The van der Waals surface area contributed by atoms with E-state index in [1.807, 2.05) is 12.1 Å². The Hall–Kier alpha value is -1.42. The molecule has 114 valence electrons. The molecule has 2 aliphatic heterocycles. The van der Waals surface area contributed by atoms with E-state index in [0.29, 0.717) is 12.0 Å². The highest BCUT2D eigenvalue weighted by molar-refractivity contribution is 5.87. The molecule has 3 nitrogen and oxygen atoms in total. The Kier molecular flexibility index (Phi) is 4.24. The van der Waals surface area contributed by atoms with Crippen molar-refractivity contribution in [2.45, 2.75) is 50.7 Å². The lowest BCUT2D eigenvalue weighted by molar-refractivity contribution is -0.0249. The zero-order chi connectivity index (χ0) is 14.8. The molecule has 1 unspecified atom stereocenters. The van der Waals surface area contributed by atoms with Gasteiger partial charge in [0.1, 0.15) is 12.9 Å². The summed E-state index contributed by atoms with van der Waals surface area (Å²) in [5.41, 5.74) is 2.23. The first-order chi connectivity index (χ1) is 10.2. The van der Waals surface area contributed by atoms with Gasteiger partial charge in [-0.15, -0.1) is 0 Å². The highest BCUT2D eigenvalue weighted by Crippen LogP contribution is 2.46. The Morgan fingerprint density at radius 1 is 1.33 bits per heavy atom. The van der Waals surface area contributed by atoms with Crippen molar-refractivity contribution in [3.05, 3.63) is 35.6 Å². The van der Waals surface area contributed by atoms with Crippen LogP contribution in [0.5, 0.6) is 0 Å². The Labute approximate surface area is 125 Å². The van der Waals surface area contributed by atoms with Gasteiger partial charge >= 0.3 is 0 Å². The van der Waals surface area contributed by atoms with E-state index >= 15 is 0 Å². The second kappa shape index (κ2) is 6.14. The lowest BCUT2D eigenvalue weighted by atomic mass is 9.76. The number of nitrogens with zero attached hydrogens (tertiary/aromatic N) is 1. The predicted octanol–water partition coefficient (Wildman–Crippen LogP) is 3.89. The molecular weight excluding hydrogens is 269 g/mol. The van der Waals surface area contributed by atoms with Crippen LogP contribution in [-0.4, -0.2) is 25.0 Å². The molecule has 2 heterocycles. The Morgan fingerprint density at radius 2 is 2.10 bits per heavy atom. The molecular formula is C17H22FNO2. The second-order valence-electron chi connectivity index (χ2n) is 5.91. The van der Waals surface area contributed by atoms with Gasteiger partial charge in [0, 0.05) is 5.92 Å². The van der Waals surface area contributed by atoms with Crippen LogP contribution < -0.4 is 0 Å². The van der Waals surface area contributed by atoms with Crippen molar-refractivity contribution >= 4 is 5.71 Å². The van der Waals surface area contributed by atoms with Crippen LogP contribution in [-0.2, 0) is 9.57 Å². The van der Waals surface area contributed by atoms with Crippen molar-refractivity contribution in [1.29, 1.82) is 0 Å². The van der Waals surface area contributed by atoms with E-state index in [1.165, 1.54) is 5.56 Å². The van der Waals surface area contributed by atoms with Gasteiger partial charge in [-0.3, -0.25) is 0 Å². The number of rotatable bonds is 4. The molecule has 0 amide bonds. The van der Waals surface area contributed by atoms with Crippen molar-refractivity contribution in [3.8, 4) is 0 Å². The molecule has 0 spiro atoms. The van der Waals surface area contributed by atoms with Gasteiger partial charge < -0.3 is 9.57 Å². The number of oxime groups is 1. The van der Waals surface area contributed by atoms with E-state index in [2.05, 4.69) is 12.1 Å². The summed E-state index contributed by atoms with van der Waals surface area (Å²) in [6.45, 7) is 2.10. The number of halogens is 1. The molecule has 1 aromatic rings. The Bertz CT molecular complexity index is 514. The molecule has 2 aliphatic rings. The topological polar surface area (TPSA) is 30.8 Å². The fraction of sp³-hybridized carbons (Fsp3) is 0.588. The molecule has 0 saturated carbocycles. The lowest BCUT2D eigenvalue weighted by Gasteiger charge is -2.37. The van der Waals surface area contributed by atoms with Crippen LogP contribution in [0.3, 0.4) is 0 Å². The largest absolute Gasteiger partial charge is 0.399 e. The number of fused-ring (bicyclic) bond motifs is 2. The number of hydrogen-bond donors (Lipinski definition) is 0. The zero-order valence-corrected chi connectivity index (χ0v) is 12.6. The number of hydrogen-bond acceptors (Lipinski definition) is 3. The predicted molar refractivity (Wildman–Crippen MR) is 79.9 cm³/mol. The highest BCUT2D eigenvalue weighted by Gasteiger charge is 2.45. The molecule has 2 fully saturated rings. The fourth-order valence-corrected chi connectivity index (χ4v) is 3.84. The summed E-state index contributed by atoms with van der Waals surface area (Å²) in [6.07, 6.45) is 4.57. The van der Waals surface area contributed by atoms with Crippen molar-refractivity contribution in [2.75, 3.05) is 7.11 Å². The molecule has 1 aromatic carbocycles. The summed E-state index contributed by atoms with van der Waals surface area (Å²) in [6, 6.07) is 6.89. The third-order valence-electron chi connectivity index (χ3n) is 4.74. The molecule has 2 bridgehead atoms. The van der Waals surface area contributed by atoms with Gasteiger partial charge in [0.2, 0.25) is 0 Å². The van der Waals surface area contributed by atoms with E-state index in [0.717, 1.165) is 31.4 Å². The maximum atomic E-state index is 13.2. The molecule has 21 heavy (non-hydrogen) atoms. The van der Waals surface area contributed by atoms with Crippen LogP contribution in [0.4, 0.5) is 4.39 Å². The summed E-state index contributed by atoms with van der Waals surface area (Å²) < 4.78 is 19.3. The molecule has 4 atom stereocenters. The van der Waals surface area contributed by atoms with Crippen LogP contribution in [0.2, 0.25) is 0 Å². The van der Waals surface area contributed by atoms with Crippen LogP contribution >= 0.6 is 0 Å². The summed E-state index contributed by atoms with van der Waals surface area (Å²) in [5, 5.41) is 4.24. The minimum Gasteiger partial charge on any atom is -0.399 e. The monoisotopic (exact) mass is 291 g/mol. The standard InChI is InChI=1S/C17H22FNO2/c1-3-15(19-20-2)17-14(10-13-8-9-16(17)21-13)11-4-6-12(18)7-5-11/h4-7,13-14,16-17H,3,8-10H2,1-2H3/t13?,14-,16+,17-/m1/s1. The van der Waals surface area contributed by atoms with E-state index < -0.39 is 0 Å². The molecule has 0 radical (unpaired) electrons. The third kappa shape index (κ3) is 2.82. The van der Waals surface area contributed by atoms with Gasteiger partial charge in [-0.1, -0.05) is 24.2 Å². The van der Waals surface area contributed by atoms with Crippen molar-refractivity contribution in [1.82, 2.24) is 0 Å². The average Bonchev–Trinajstić information content (AvgIpc) is 2.88. The minimum atomic E-state index is -0.188. The smallest absolute Gasteiger partial charge is 0.123 e. The first-order valence-electron chi connectivity index (χ1n) is 7.73. The van der Waals surface area contributed by atoms with Crippen LogP contribution in [0.15, 0.2) is 29.4 Å².